The number of nitrogens with one attached hydrogen (secondary N) is 2. The van der Waals surface area contributed by atoms with Crippen molar-refractivity contribution in [3.8, 4) is 0 Å². The third-order valence-corrected chi connectivity index (χ3v) is 2.22. The predicted molar refractivity (Wildman–Crippen MR) is 66.7 cm³/mol. The van der Waals surface area contributed by atoms with E-state index in [9.17, 15) is 4.79 Å². The van der Waals surface area contributed by atoms with Gasteiger partial charge < -0.3 is 5.32 Å². The van der Waals surface area contributed by atoms with Crippen LogP contribution in [0.2, 0.25) is 0 Å². The molecule has 0 aliphatic rings. The van der Waals surface area contributed by atoms with E-state index >= 15 is 0 Å². The van der Waals surface area contributed by atoms with Gasteiger partial charge in [0.05, 0.1) is 0 Å². The summed E-state index contributed by atoms with van der Waals surface area (Å²) in [6.45, 7) is 12.2. The van der Waals surface area contributed by atoms with Gasteiger partial charge in [0.15, 0.2) is 0 Å². The van der Waals surface area contributed by atoms with Crippen molar-refractivity contribution in [2.75, 3.05) is 0 Å². The molecule has 5 heteroatoms. The Bertz CT molecular complexity index is 401. The number of aromatic nitrogens is 3. The van der Waals surface area contributed by atoms with Crippen LogP contribution in [0.1, 0.15) is 57.5 Å². The molecule has 17 heavy (non-hydrogen) atoms. The summed E-state index contributed by atoms with van der Waals surface area (Å²) in [5, 5.41) is 9.47. The third-order valence-electron chi connectivity index (χ3n) is 2.22. The number of aromatic amines is 1. The van der Waals surface area contributed by atoms with Crippen LogP contribution in [0.25, 0.3) is 0 Å². The minimum atomic E-state index is -0.274. The number of carbonyl (C=O) groups is 1. The third kappa shape index (κ3) is 4.54. The molecule has 1 aromatic heterocycles. The summed E-state index contributed by atoms with van der Waals surface area (Å²) in [5.74, 6) is 0.608. The summed E-state index contributed by atoms with van der Waals surface area (Å²) in [6, 6.07) is 0. The van der Waals surface area contributed by atoms with Gasteiger partial charge >= 0.3 is 0 Å². The smallest absolute Gasteiger partial charge is 0.291 e. The number of aryl methyl sites for hydroxylation is 1. The summed E-state index contributed by atoms with van der Waals surface area (Å²) >= 11 is 0. The highest BCUT2D eigenvalue weighted by Gasteiger charge is 2.28. The van der Waals surface area contributed by atoms with Gasteiger partial charge in [0.2, 0.25) is 5.82 Å². The van der Waals surface area contributed by atoms with Gasteiger partial charge in [-0.15, -0.1) is 5.10 Å². The van der Waals surface area contributed by atoms with Crippen LogP contribution < -0.4 is 5.32 Å². The zero-order chi connectivity index (χ0) is 13.3. The second-order valence-electron chi connectivity index (χ2n) is 6.32. The fourth-order valence-corrected chi connectivity index (χ4v) is 2.18. The highest BCUT2D eigenvalue weighted by molar-refractivity contribution is 5.90. The van der Waals surface area contributed by atoms with E-state index in [1.165, 1.54) is 0 Å². The van der Waals surface area contributed by atoms with E-state index < -0.39 is 0 Å². The van der Waals surface area contributed by atoms with Gasteiger partial charge in [0.1, 0.15) is 5.82 Å². The zero-order valence-corrected chi connectivity index (χ0v) is 11.5. The Kier molecular flexibility index (Phi) is 3.59. The molecule has 0 saturated heterocycles. The van der Waals surface area contributed by atoms with Gasteiger partial charge in [0.25, 0.3) is 5.91 Å². The Labute approximate surface area is 102 Å². The second-order valence-corrected chi connectivity index (χ2v) is 6.32. The molecule has 1 rings (SSSR count). The van der Waals surface area contributed by atoms with Crippen LogP contribution in [0, 0.1) is 12.3 Å². The molecule has 0 aliphatic carbocycles. The van der Waals surface area contributed by atoms with Crippen LogP contribution in [0.15, 0.2) is 0 Å². The van der Waals surface area contributed by atoms with Crippen LogP contribution in [0.4, 0.5) is 0 Å². The van der Waals surface area contributed by atoms with Crippen molar-refractivity contribution in [2.45, 2.75) is 53.5 Å². The van der Waals surface area contributed by atoms with Gasteiger partial charge in [-0.05, 0) is 32.6 Å². The number of hydrogen-bond donors (Lipinski definition) is 2. The number of rotatable bonds is 3. The van der Waals surface area contributed by atoms with Crippen LogP contribution in [0.3, 0.4) is 0 Å². The summed E-state index contributed by atoms with van der Waals surface area (Å²) in [6.07, 6.45) is 0.884. The van der Waals surface area contributed by atoms with Crippen molar-refractivity contribution in [1.82, 2.24) is 20.5 Å². The van der Waals surface area contributed by atoms with Gasteiger partial charge in [0, 0.05) is 5.54 Å². The topological polar surface area (TPSA) is 70.7 Å². The molecule has 0 spiro atoms. The quantitative estimate of drug-likeness (QED) is 0.846. The summed E-state index contributed by atoms with van der Waals surface area (Å²) in [4.78, 5) is 15.9. The fourth-order valence-electron chi connectivity index (χ4n) is 2.18. The van der Waals surface area contributed by atoms with Crippen molar-refractivity contribution in [3.05, 3.63) is 11.6 Å². The first kappa shape index (κ1) is 13.7. The van der Waals surface area contributed by atoms with E-state index in [0.717, 1.165) is 6.42 Å². The molecule has 0 aliphatic heterocycles. The Morgan fingerprint density at radius 1 is 1.29 bits per heavy atom. The van der Waals surface area contributed by atoms with Crippen molar-refractivity contribution in [2.24, 2.45) is 5.41 Å². The van der Waals surface area contributed by atoms with E-state index in [-0.39, 0.29) is 22.7 Å². The summed E-state index contributed by atoms with van der Waals surface area (Å²) in [7, 11) is 0. The van der Waals surface area contributed by atoms with Gasteiger partial charge in [-0.1, -0.05) is 20.8 Å². The van der Waals surface area contributed by atoms with E-state index in [4.69, 9.17) is 0 Å². The van der Waals surface area contributed by atoms with Gasteiger partial charge in [-0.2, -0.15) is 0 Å². The number of hydrogen-bond acceptors (Lipinski definition) is 3. The van der Waals surface area contributed by atoms with Crippen LogP contribution in [-0.2, 0) is 0 Å². The zero-order valence-electron chi connectivity index (χ0n) is 11.5. The van der Waals surface area contributed by atoms with Crippen LogP contribution in [0.5, 0.6) is 0 Å². The molecule has 0 bridgehead atoms. The van der Waals surface area contributed by atoms with Gasteiger partial charge in [-0.3, -0.25) is 9.89 Å². The Morgan fingerprint density at radius 2 is 1.88 bits per heavy atom. The van der Waals surface area contributed by atoms with E-state index in [2.05, 4.69) is 41.3 Å². The highest BCUT2D eigenvalue weighted by Crippen LogP contribution is 2.26. The lowest BCUT2D eigenvalue weighted by Gasteiger charge is -2.32. The first-order valence-corrected chi connectivity index (χ1v) is 5.81. The van der Waals surface area contributed by atoms with Gasteiger partial charge in [-0.25, -0.2) is 4.98 Å². The molecule has 0 atom stereocenters. The molecule has 0 saturated carbocycles. The molecular weight excluding hydrogens is 216 g/mol. The minimum absolute atomic E-state index is 0.158. The fraction of sp³-hybridized carbons (Fsp3) is 0.750. The molecule has 96 valence electrons. The van der Waals surface area contributed by atoms with Crippen molar-refractivity contribution < 1.29 is 4.79 Å². The number of amides is 1. The molecule has 1 heterocycles. The van der Waals surface area contributed by atoms with E-state index in [1.54, 1.807) is 6.92 Å². The first-order chi connectivity index (χ1) is 7.59. The molecule has 1 amide bonds. The molecule has 1 aromatic rings. The van der Waals surface area contributed by atoms with Crippen LogP contribution in [-0.4, -0.2) is 26.6 Å². The molecule has 0 radical (unpaired) electrons. The van der Waals surface area contributed by atoms with Crippen LogP contribution >= 0.6 is 0 Å². The number of nitrogens with zero attached hydrogens (tertiary/aromatic N) is 2. The van der Waals surface area contributed by atoms with Crippen molar-refractivity contribution >= 4 is 5.91 Å². The monoisotopic (exact) mass is 238 g/mol. The molecule has 0 unspecified atom stereocenters. The molecular formula is C12H22N4O. The SMILES string of the molecule is Cc1nc(C(=O)NC(C)(C)CC(C)(C)C)n[nH]1. The average Bonchev–Trinajstić information content (AvgIpc) is 2.45. The molecule has 2 N–H and O–H groups in total. The Morgan fingerprint density at radius 3 is 2.29 bits per heavy atom. The molecule has 0 aromatic carbocycles. The standard InChI is InChI=1S/C12H22N4O/c1-8-13-9(16-15-8)10(17)14-12(5,6)7-11(2,3)4/h7H2,1-6H3,(H,14,17)(H,13,15,16). The normalized spacial score (nSPS) is 12.6. The maximum atomic E-state index is 11.9. The largest absolute Gasteiger partial charge is 0.344 e. The number of H-pyrrole nitrogens is 1. The predicted octanol–water partition coefficient (Wildman–Crippen LogP) is 2.06. The lowest BCUT2D eigenvalue weighted by molar-refractivity contribution is 0.0881. The maximum absolute atomic E-state index is 11.9. The number of carbonyl (C=O) groups excluding carboxylic acids is 1. The highest BCUT2D eigenvalue weighted by atomic mass is 16.2. The Balaban J connectivity index is 2.68. The lowest BCUT2D eigenvalue weighted by atomic mass is 9.82. The summed E-state index contributed by atoms with van der Waals surface area (Å²) < 4.78 is 0. The summed E-state index contributed by atoms with van der Waals surface area (Å²) in [5.41, 5.74) is -0.116. The second kappa shape index (κ2) is 4.47. The van der Waals surface area contributed by atoms with Crippen molar-refractivity contribution in [1.29, 1.82) is 0 Å². The Hall–Kier alpha value is -1.39. The molecule has 0 fully saturated rings. The van der Waals surface area contributed by atoms with E-state index in [0.29, 0.717) is 5.82 Å². The van der Waals surface area contributed by atoms with Crippen molar-refractivity contribution in [3.63, 3.8) is 0 Å². The van der Waals surface area contributed by atoms with E-state index in [1.807, 2.05) is 13.8 Å². The lowest BCUT2D eigenvalue weighted by Crippen LogP contribution is -2.46. The minimum Gasteiger partial charge on any atom is -0.344 e. The average molecular weight is 238 g/mol. The molecule has 5 nitrogen and oxygen atoms in total. The first-order valence-electron chi connectivity index (χ1n) is 5.81. The maximum Gasteiger partial charge on any atom is 0.291 e.